The number of amides is 1. The van der Waals surface area contributed by atoms with E-state index in [4.69, 9.17) is 10.5 Å². The van der Waals surface area contributed by atoms with Gasteiger partial charge in [0.05, 0.1) is 12.1 Å². The highest BCUT2D eigenvalue weighted by atomic mass is 35.5. The van der Waals surface area contributed by atoms with E-state index in [0.717, 1.165) is 34.9 Å². The molecular weight excluding hydrogens is 352 g/mol. The molecule has 3 N–H and O–H groups in total. The van der Waals surface area contributed by atoms with Crippen molar-refractivity contribution in [1.29, 1.82) is 0 Å². The van der Waals surface area contributed by atoms with Gasteiger partial charge in [-0.25, -0.2) is 0 Å². The first-order valence-corrected chi connectivity index (χ1v) is 8.66. The minimum atomic E-state index is -0.0501. The molecule has 0 atom stereocenters. The predicted octanol–water partition coefficient (Wildman–Crippen LogP) is 3.10. The van der Waals surface area contributed by atoms with Crippen LogP contribution in [0.15, 0.2) is 24.3 Å². The van der Waals surface area contributed by atoms with Crippen LogP contribution in [0.5, 0.6) is 5.75 Å². The van der Waals surface area contributed by atoms with E-state index < -0.39 is 0 Å². The van der Waals surface area contributed by atoms with E-state index in [9.17, 15) is 4.79 Å². The Labute approximate surface area is 161 Å². The maximum atomic E-state index is 12.4. The topological polar surface area (TPSA) is 82.2 Å². The van der Waals surface area contributed by atoms with E-state index in [1.54, 1.807) is 0 Å². The summed E-state index contributed by atoms with van der Waals surface area (Å²) >= 11 is 0. The Bertz CT molecular complexity index is 711. The van der Waals surface area contributed by atoms with Crippen molar-refractivity contribution < 1.29 is 9.53 Å². The van der Waals surface area contributed by atoms with Crippen LogP contribution in [0.1, 0.15) is 30.8 Å². The molecule has 1 aromatic carbocycles. The molecule has 0 bridgehead atoms. The second kappa shape index (κ2) is 10.2. The number of hydrogen-bond acceptors (Lipinski definition) is 4. The quantitative estimate of drug-likeness (QED) is 0.737. The largest absolute Gasteiger partial charge is 0.492 e. The highest BCUT2D eigenvalue weighted by Crippen LogP contribution is 2.18. The Morgan fingerprint density at radius 2 is 1.92 bits per heavy atom. The summed E-state index contributed by atoms with van der Waals surface area (Å²) in [6.07, 6.45) is 0.321. The van der Waals surface area contributed by atoms with Crippen molar-refractivity contribution >= 4 is 24.0 Å². The van der Waals surface area contributed by atoms with Crippen molar-refractivity contribution in [3.8, 4) is 5.75 Å². The lowest BCUT2D eigenvalue weighted by Gasteiger charge is -2.09. The fraction of sp³-hybridized carbons (Fsp3) is 0.474. The summed E-state index contributed by atoms with van der Waals surface area (Å²) < 4.78 is 7.42. The summed E-state index contributed by atoms with van der Waals surface area (Å²) in [7, 11) is 0. The molecule has 1 amide bonds. The molecule has 6 nitrogen and oxygen atoms in total. The van der Waals surface area contributed by atoms with Crippen molar-refractivity contribution in [2.45, 2.75) is 40.7 Å². The van der Waals surface area contributed by atoms with Gasteiger partial charge in [0, 0.05) is 30.0 Å². The van der Waals surface area contributed by atoms with Gasteiger partial charge in [-0.05, 0) is 44.0 Å². The van der Waals surface area contributed by atoms with Gasteiger partial charge in [-0.3, -0.25) is 9.48 Å². The van der Waals surface area contributed by atoms with Crippen molar-refractivity contribution in [2.24, 2.45) is 11.7 Å². The van der Waals surface area contributed by atoms with Crippen LogP contribution < -0.4 is 15.8 Å². The number of rotatable bonds is 8. The van der Waals surface area contributed by atoms with Gasteiger partial charge in [-0.15, -0.1) is 12.4 Å². The molecule has 26 heavy (non-hydrogen) atoms. The molecule has 0 aliphatic rings. The van der Waals surface area contributed by atoms with Crippen LogP contribution in [0.4, 0.5) is 5.69 Å². The number of carbonyl (C=O) groups is 1. The van der Waals surface area contributed by atoms with Gasteiger partial charge in [0.25, 0.3) is 0 Å². The van der Waals surface area contributed by atoms with Crippen LogP contribution in [-0.4, -0.2) is 28.8 Å². The molecule has 0 saturated heterocycles. The monoisotopic (exact) mass is 380 g/mol. The summed E-state index contributed by atoms with van der Waals surface area (Å²) in [5, 5.41) is 7.48. The maximum Gasteiger partial charge on any atom is 0.228 e. The number of aromatic nitrogens is 2. The van der Waals surface area contributed by atoms with Crippen molar-refractivity contribution in [2.75, 3.05) is 18.5 Å². The van der Waals surface area contributed by atoms with E-state index in [-0.39, 0.29) is 18.3 Å². The predicted molar refractivity (Wildman–Crippen MR) is 107 cm³/mol. The third-order valence-corrected chi connectivity index (χ3v) is 3.93. The summed E-state index contributed by atoms with van der Waals surface area (Å²) in [4.78, 5) is 12.4. The number of benzene rings is 1. The van der Waals surface area contributed by atoms with E-state index in [1.807, 2.05) is 42.8 Å². The summed E-state index contributed by atoms with van der Waals surface area (Å²) in [5.74, 6) is 1.20. The molecule has 0 aliphatic carbocycles. The van der Waals surface area contributed by atoms with E-state index in [2.05, 4.69) is 24.3 Å². The number of aryl methyl sites for hydroxylation is 1. The molecular formula is C19H29ClN4O2. The Morgan fingerprint density at radius 1 is 1.27 bits per heavy atom. The highest BCUT2D eigenvalue weighted by Gasteiger charge is 2.15. The number of nitrogens with zero attached hydrogens (tertiary/aromatic N) is 2. The first-order valence-electron chi connectivity index (χ1n) is 8.66. The van der Waals surface area contributed by atoms with Gasteiger partial charge >= 0.3 is 0 Å². The summed E-state index contributed by atoms with van der Waals surface area (Å²) in [6, 6.07) is 7.29. The number of halogens is 1. The molecule has 0 radical (unpaired) electrons. The van der Waals surface area contributed by atoms with Crippen molar-refractivity contribution in [3.63, 3.8) is 0 Å². The Kier molecular flexibility index (Phi) is 8.61. The lowest BCUT2D eigenvalue weighted by Crippen LogP contribution is -2.15. The minimum absolute atomic E-state index is 0. The molecule has 7 heteroatoms. The SMILES string of the molecule is Cc1nn(CC(C)C)c(C)c1CC(=O)Nc1ccc(OCCN)cc1.Cl. The molecule has 0 unspecified atom stereocenters. The average Bonchev–Trinajstić information content (AvgIpc) is 2.81. The van der Waals surface area contributed by atoms with Crippen LogP contribution in [0.2, 0.25) is 0 Å². The third kappa shape index (κ3) is 6.04. The number of nitrogens with two attached hydrogens (primary N) is 1. The second-order valence-electron chi connectivity index (χ2n) is 6.61. The van der Waals surface area contributed by atoms with Gasteiger partial charge in [0.2, 0.25) is 5.91 Å². The first-order chi connectivity index (χ1) is 11.9. The third-order valence-electron chi connectivity index (χ3n) is 3.93. The van der Waals surface area contributed by atoms with Crippen molar-refractivity contribution in [3.05, 3.63) is 41.2 Å². The second-order valence-corrected chi connectivity index (χ2v) is 6.61. The summed E-state index contributed by atoms with van der Waals surface area (Å²) in [5.41, 5.74) is 9.13. The number of nitrogens with one attached hydrogen (secondary N) is 1. The molecule has 0 saturated carbocycles. The Hall–Kier alpha value is -2.05. The molecule has 1 aromatic heterocycles. The molecule has 0 spiro atoms. The molecule has 1 heterocycles. The zero-order chi connectivity index (χ0) is 18.4. The van der Waals surface area contributed by atoms with Crippen LogP contribution >= 0.6 is 12.4 Å². The normalized spacial score (nSPS) is 10.5. The van der Waals surface area contributed by atoms with Gasteiger partial charge in [0.1, 0.15) is 12.4 Å². The van der Waals surface area contributed by atoms with Gasteiger partial charge in [-0.2, -0.15) is 5.10 Å². The lowest BCUT2D eigenvalue weighted by atomic mass is 10.1. The van der Waals surface area contributed by atoms with Gasteiger partial charge < -0.3 is 15.8 Å². The number of hydrogen-bond donors (Lipinski definition) is 2. The standard InChI is InChI=1S/C19H28N4O2.ClH/c1-13(2)12-23-15(4)18(14(3)22-23)11-19(24)21-16-5-7-17(8-6-16)25-10-9-20;/h5-8,13H,9-12,20H2,1-4H3,(H,21,24);1H. The van der Waals surface area contributed by atoms with E-state index in [0.29, 0.717) is 25.5 Å². The van der Waals surface area contributed by atoms with Crippen LogP contribution in [0.3, 0.4) is 0 Å². The Morgan fingerprint density at radius 3 is 2.50 bits per heavy atom. The van der Waals surface area contributed by atoms with Crippen LogP contribution in [0.25, 0.3) is 0 Å². The number of ether oxygens (including phenoxy) is 1. The minimum Gasteiger partial charge on any atom is -0.492 e. The van der Waals surface area contributed by atoms with E-state index >= 15 is 0 Å². The molecule has 0 fully saturated rings. The van der Waals surface area contributed by atoms with E-state index in [1.165, 1.54) is 0 Å². The maximum absolute atomic E-state index is 12.4. The zero-order valence-electron chi connectivity index (χ0n) is 15.9. The zero-order valence-corrected chi connectivity index (χ0v) is 16.7. The summed E-state index contributed by atoms with van der Waals surface area (Å²) in [6.45, 7) is 10.1. The van der Waals surface area contributed by atoms with Crippen molar-refractivity contribution in [1.82, 2.24) is 9.78 Å². The van der Waals surface area contributed by atoms with Gasteiger partial charge in [0.15, 0.2) is 0 Å². The average molecular weight is 381 g/mol. The number of anilines is 1. The van der Waals surface area contributed by atoms with Crippen LogP contribution in [0, 0.1) is 19.8 Å². The molecule has 2 aromatic rings. The number of carbonyl (C=O) groups excluding carboxylic acids is 1. The fourth-order valence-electron chi connectivity index (χ4n) is 2.69. The molecule has 2 rings (SSSR count). The highest BCUT2D eigenvalue weighted by molar-refractivity contribution is 5.92. The fourth-order valence-corrected chi connectivity index (χ4v) is 2.69. The Balaban J connectivity index is 0.00000338. The molecule has 0 aliphatic heterocycles. The van der Waals surface area contributed by atoms with Gasteiger partial charge in [-0.1, -0.05) is 13.8 Å². The lowest BCUT2D eigenvalue weighted by molar-refractivity contribution is -0.115. The smallest absolute Gasteiger partial charge is 0.228 e. The molecule has 144 valence electrons. The first kappa shape index (κ1) is 22.0. The van der Waals surface area contributed by atoms with Crippen LogP contribution in [-0.2, 0) is 17.8 Å².